The van der Waals surface area contributed by atoms with Gasteiger partial charge in [-0.05, 0) is 30.2 Å². The van der Waals surface area contributed by atoms with E-state index in [0.717, 1.165) is 23.2 Å². The van der Waals surface area contributed by atoms with E-state index in [4.69, 9.17) is 9.84 Å². The molecule has 0 radical (unpaired) electrons. The van der Waals surface area contributed by atoms with Gasteiger partial charge in [-0.1, -0.05) is 25.6 Å². The number of nitrogens with zero attached hydrogens (tertiary/aromatic N) is 2. The maximum absolute atomic E-state index is 10.7. The van der Waals surface area contributed by atoms with Gasteiger partial charge in [0.05, 0.1) is 12.2 Å². The van der Waals surface area contributed by atoms with E-state index in [0.29, 0.717) is 18.3 Å². The first-order valence-corrected chi connectivity index (χ1v) is 8.03. The summed E-state index contributed by atoms with van der Waals surface area (Å²) in [6.45, 7) is 4.78. The van der Waals surface area contributed by atoms with Gasteiger partial charge in [0, 0.05) is 12.2 Å². The van der Waals surface area contributed by atoms with E-state index in [2.05, 4.69) is 29.0 Å². The molecule has 1 heterocycles. The number of H-pyrrole nitrogens is 1. The van der Waals surface area contributed by atoms with Gasteiger partial charge < -0.3 is 9.84 Å². The Morgan fingerprint density at radius 2 is 2.09 bits per heavy atom. The van der Waals surface area contributed by atoms with Crippen molar-refractivity contribution in [2.45, 2.75) is 25.4 Å². The molecule has 2 N–H and O–H groups in total. The molecule has 0 unspecified atom stereocenters. The Bertz CT molecular complexity index is 611. The molecule has 118 valence electrons. The Morgan fingerprint density at radius 1 is 1.36 bits per heavy atom. The second kappa shape index (κ2) is 7.84. The number of ether oxygens (including phenoxy) is 1. The summed E-state index contributed by atoms with van der Waals surface area (Å²) in [7, 11) is 0. The lowest BCUT2D eigenvalue weighted by Crippen LogP contribution is -2.01. The molecule has 0 aliphatic heterocycles. The number of rotatable bonds is 8. The molecule has 0 amide bonds. The molecule has 0 atom stereocenters. The first kappa shape index (κ1) is 16.4. The zero-order valence-corrected chi connectivity index (χ0v) is 13.4. The molecule has 0 fully saturated rings. The van der Waals surface area contributed by atoms with Crippen LogP contribution in [0.15, 0.2) is 29.4 Å². The number of nitrogens with one attached hydrogen (secondary N) is 1. The normalized spacial score (nSPS) is 10.9. The van der Waals surface area contributed by atoms with Crippen LogP contribution < -0.4 is 4.74 Å². The Balaban J connectivity index is 1.72. The van der Waals surface area contributed by atoms with Crippen LogP contribution in [0.25, 0.3) is 0 Å². The zero-order chi connectivity index (χ0) is 15.9. The zero-order valence-electron chi connectivity index (χ0n) is 12.6. The number of carboxylic acids is 1. The fourth-order valence-corrected chi connectivity index (χ4v) is 2.44. The van der Waals surface area contributed by atoms with Gasteiger partial charge in [0.25, 0.3) is 0 Å². The van der Waals surface area contributed by atoms with Gasteiger partial charge in [-0.25, -0.2) is 9.78 Å². The van der Waals surface area contributed by atoms with E-state index >= 15 is 0 Å². The highest BCUT2D eigenvalue weighted by Gasteiger charge is 2.06. The summed E-state index contributed by atoms with van der Waals surface area (Å²) in [6.07, 6.45) is 0.889. The summed E-state index contributed by atoms with van der Waals surface area (Å²) >= 11 is 1.52. The van der Waals surface area contributed by atoms with E-state index < -0.39 is 5.97 Å². The lowest BCUT2D eigenvalue weighted by molar-refractivity contribution is 0.0697. The number of aromatic amines is 1. The monoisotopic (exact) mass is 321 g/mol. The van der Waals surface area contributed by atoms with Crippen molar-refractivity contribution in [3.05, 3.63) is 35.7 Å². The Morgan fingerprint density at radius 3 is 2.73 bits per heavy atom. The number of carboxylic acid groups (broad SMARTS) is 1. The molecule has 22 heavy (non-hydrogen) atoms. The van der Waals surface area contributed by atoms with Crippen molar-refractivity contribution in [1.29, 1.82) is 0 Å². The summed E-state index contributed by atoms with van der Waals surface area (Å²) in [4.78, 5) is 15.1. The largest absolute Gasteiger partial charge is 0.493 e. The number of thioether (sulfide) groups is 1. The Kier molecular flexibility index (Phi) is 5.83. The summed E-state index contributed by atoms with van der Waals surface area (Å²) in [5, 5.41) is 16.6. The average molecular weight is 321 g/mol. The average Bonchev–Trinajstić information content (AvgIpc) is 2.91. The van der Waals surface area contributed by atoms with Crippen molar-refractivity contribution in [3.63, 3.8) is 0 Å². The van der Waals surface area contributed by atoms with Gasteiger partial charge in [-0.2, -0.15) is 0 Å². The van der Waals surface area contributed by atoms with Crippen LogP contribution in [0.5, 0.6) is 5.75 Å². The van der Waals surface area contributed by atoms with Crippen LogP contribution in [0.2, 0.25) is 0 Å². The van der Waals surface area contributed by atoms with Crippen molar-refractivity contribution in [2.24, 2.45) is 5.92 Å². The number of hydrogen-bond acceptors (Lipinski definition) is 5. The third-order valence-electron chi connectivity index (χ3n) is 2.80. The molecule has 0 spiro atoms. The minimum Gasteiger partial charge on any atom is -0.493 e. The highest BCUT2D eigenvalue weighted by molar-refractivity contribution is 7.99. The van der Waals surface area contributed by atoms with Gasteiger partial charge >= 0.3 is 5.97 Å². The quantitative estimate of drug-likeness (QED) is 0.574. The first-order chi connectivity index (χ1) is 10.5. The molecule has 7 heteroatoms. The van der Waals surface area contributed by atoms with Crippen molar-refractivity contribution in [1.82, 2.24) is 15.2 Å². The lowest BCUT2D eigenvalue weighted by Gasteiger charge is -2.05. The predicted octanol–water partition coefficient (Wildman–Crippen LogP) is 2.87. The molecule has 0 bridgehead atoms. The second-order valence-electron chi connectivity index (χ2n) is 5.19. The summed E-state index contributed by atoms with van der Waals surface area (Å²) in [6, 6.07) is 6.36. The van der Waals surface area contributed by atoms with Crippen LogP contribution in [-0.4, -0.2) is 38.6 Å². The fraction of sp³-hybridized carbons (Fsp3) is 0.400. The highest BCUT2D eigenvalue weighted by Crippen LogP contribution is 2.16. The number of hydrogen-bond donors (Lipinski definition) is 2. The minimum absolute atomic E-state index is 0.250. The molecule has 0 saturated heterocycles. The van der Waals surface area contributed by atoms with Crippen molar-refractivity contribution < 1.29 is 14.6 Å². The lowest BCUT2D eigenvalue weighted by atomic mass is 10.1. The molecular formula is C15H19N3O3S. The molecule has 0 saturated carbocycles. The number of aromatic carboxylic acids is 1. The van der Waals surface area contributed by atoms with Crippen LogP contribution in [-0.2, 0) is 6.42 Å². The Labute approximate surface area is 133 Å². The van der Waals surface area contributed by atoms with E-state index in [9.17, 15) is 4.79 Å². The van der Waals surface area contributed by atoms with E-state index in [1.807, 2.05) is 0 Å². The van der Waals surface area contributed by atoms with Crippen molar-refractivity contribution >= 4 is 17.7 Å². The molecule has 2 aromatic rings. The topological polar surface area (TPSA) is 88.1 Å². The molecular weight excluding hydrogens is 302 g/mol. The number of carbonyl (C=O) groups is 1. The van der Waals surface area contributed by atoms with Crippen molar-refractivity contribution in [3.8, 4) is 5.75 Å². The molecule has 1 aromatic heterocycles. The third kappa shape index (κ3) is 5.07. The molecule has 1 aromatic carbocycles. The van der Waals surface area contributed by atoms with Crippen LogP contribution in [0, 0.1) is 5.92 Å². The third-order valence-corrected chi connectivity index (χ3v) is 3.61. The van der Waals surface area contributed by atoms with Gasteiger partial charge in [0.1, 0.15) is 11.6 Å². The van der Waals surface area contributed by atoms with E-state index in [-0.39, 0.29) is 5.56 Å². The molecule has 0 aliphatic carbocycles. The summed E-state index contributed by atoms with van der Waals surface area (Å²) < 4.78 is 5.55. The fourth-order valence-electron chi connectivity index (χ4n) is 1.81. The van der Waals surface area contributed by atoms with Crippen LogP contribution >= 0.6 is 11.8 Å². The maximum Gasteiger partial charge on any atom is 0.335 e. The van der Waals surface area contributed by atoms with Gasteiger partial charge in [-0.3, -0.25) is 5.10 Å². The van der Waals surface area contributed by atoms with E-state index in [1.165, 1.54) is 23.9 Å². The molecule has 0 aliphatic rings. The van der Waals surface area contributed by atoms with E-state index in [1.54, 1.807) is 12.1 Å². The minimum atomic E-state index is -0.941. The molecule has 2 rings (SSSR count). The maximum atomic E-state index is 10.7. The van der Waals surface area contributed by atoms with Crippen LogP contribution in [0.4, 0.5) is 0 Å². The standard InChI is InChI=1S/C15H19N3O3S/c1-10(2)9-13-16-15(18-17-13)22-8-7-21-12-5-3-11(4-6-12)14(19)20/h3-6,10H,7-9H2,1-2H3,(H,19,20)(H,16,17,18). The smallest absolute Gasteiger partial charge is 0.335 e. The highest BCUT2D eigenvalue weighted by atomic mass is 32.2. The predicted molar refractivity (Wildman–Crippen MR) is 84.5 cm³/mol. The molecule has 6 nitrogen and oxygen atoms in total. The van der Waals surface area contributed by atoms with Crippen molar-refractivity contribution in [2.75, 3.05) is 12.4 Å². The summed E-state index contributed by atoms with van der Waals surface area (Å²) in [5.41, 5.74) is 0.250. The van der Waals surface area contributed by atoms with Gasteiger partial charge in [-0.15, -0.1) is 5.10 Å². The first-order valence-electron chi connectivity index (χ1n) is 7.05. The van der Waals surface area contributed by atoms with Gasteiger partial charge in [0.15, 0.2) is 0 Å². The SMILES string of the molecule is CC(C)Cc1nc(SCCOc2ccc(C(=O)O)cc2)n[nH]1. The summed E-state index contributed by atoms with van der Waals surface area (Å²) in [5.74, 6) is 1.88. The number of benzene rings is 1. The van der Waals surface area contributed by atoms with Gasteiger partial charge in [0.2, 0.25) is 5.16 Å². The van der Waals surface area contributed by atoms with Crippen LogP contribution in [0.3, 0.4) is 0 Å². The van der Waals surface area contributed by atoms with Crippen LogP contribution in [0.1, 0.15) is 30.0 Å². The second-order valence-corrected chi connectivity index (χ2v) is 6.25. The number of aromatic nitrogens is 3. The Hall–Kier alpha value is -2.02.